The van der Waals surface area contributed by atoms with E-state index in [1.54, 1.807) is 0 Å². The number of nitrogens with one attached hydrogen (secondary N) is 1. The minimum Gasteiger partial charge on any atom is -0.311 e. The van der Waals surface area contributed by atoms with E-state index in [-0.39, 0.29) is 5.91 Å². The van der Waals surface area contributed by atoms with Crippen LogP contribution in [0, 0.1) is 0 Å². The minimum absolute atomic E-state index is 0.0118. The highest BCUT2D eigenvalue weighted by molar-refractivity contribution is 5.89. The average Bonchev–Trinajstić information content (AvgIpc) is 2.68. The molecule has 1 aliphatic heterocycles. The molecule has 0 saturated heterocycles. The van der Waals surface area contributed by atoms with Crippen molar-refractivity contribution >= 4 is 11.7 Å². The van der Waals surface area contributed by atoms with Gasteiger partial charge in [-0.2, -0.15) is 0 Å². The number of hydrogen-bond donors (Lipinski definition) is 1. The number of rotatable bonds is 8. The minimum atomic E-state index is 0.0118. The Morgan fingerprint density at radius 2 is 1.92 bits per heavy atom. The molecular formula is C22H29N3O. The third kappa shape index (κ3) is 5.40. The number of pyridine rings is 1. The number of amides is 1. The first kappa shape index (κ1) is 18.6. The molecule has 2 aromatic rings. The van der Waals surface area contributed by atoms with E-state index in [1.165, 1.54) is 43.5 Å². The van der Waals surface area contributed by atoms with E-state index in [2.05, 4.69) is 39.5 Å². The highest BCUT2D eigenvalue weighted by Gasteiger charge is 2.14. The van der Waals surface area contributed by atoms with Gasteiger partial charge in [-0.05, 0) is 55.5 Å². The molecule has 4 heteroatoms. The highest BCUT2D eigenvalue weighted by Crippen LogP contribution is 2.19. The summed E-state index contributed by atoms with van der Waals surface area (Å²) in [5, 5.41) is 2.83. The Balaban J connectivity index is 1.36. The molecule has 138 valence electrons. The number of unbranched alkanes of at least 4 members (excludes halogenated alkanes) is 2. The molecule has 0 spiro atoms. The molecule has 0 aliphatic carbocycles. The normalized spacial score (nSPS) is 14.0. The summed E-state index contributed by atoms with van der Waals surface area (Å²) >= 11 is 0. The average molecular weight is 351 g/mol. The maximum absolute atomic E-state index is 11.5. The zero-order chi connectivity index (χ0) is 18.2. The monoisotopic (exact) mass is 351 g/mol. The van der Waals surface area contributed by atoms with E-state index in [4.69, 9.17) is 0 Å². The number of anilines is 1. The van der Waals surface area contributed by atoms with Gasteiger partial charge in [0, 0.05) is 25.2 Å². The molecule has 1 amide bonds. The SMILES string of the molecule is CCC(=O)Nc1cccc(CCCCCN2CCc3ccccc3C2)n1. The fraction of sp³-hybridized carbons (Fsp3) is 0.455. The van der Waals surface area contributed by atoms with Crippen molar-refractivity contribution in [3.05, 3.63) is 59.3 Å². The molecule has 0 saturated carbocycles. The molecule has 1 N–H and O–H groups in total. The topological polar surface area (TPSA) is 45.2 Å². The Morgan fingerprint density at radius 3 is 2.77 bits per heavy atom. The van der Waals surface area contributed by atoms with Crippen molar-refractivity contribution in [3.8, 4) is 0 Å². The first-order valence-electron chi connectivity index (χ1n) is 9.79. The van der Waals surface area contributed by atoms with Gasteiger partial charge in [-0.3, -0.25) is 9.69 Å². The highest BCUT2D eigenvalue weighted by atomic mass is 16.1. The maximum Gasteiger partial charge on any atom is 0.225 e. The van der Waals surface area contributed by atoms with Gasteiger partial charge in [0.2, 0.25) is 5.91 Å². The number of carbonyl (C=O) groups excluding carboxylic acids is 1. The molecule has 0 bridgehead atoms. The zero-order valence-electron chi connectivity index (χ0n) is 15.7. The molecule has 26 heavy (non-hydrogen) atoms. The van der Waals surface area contributed by atoms with Crippen LogP contribution in [-0.2, 0) is 24.2 Å². The lowest BCUT2D eigenvalue weighted by Crippen LogP contribution is -2.31. The first-order valence-corrected chi connectivity index (χ1v) is 9.79. The summed E-state index contributed by atoms with van der Waals surface area (Å²) in [6.07, 6.45) is 6.21. The summed E-state index contributed by atoms with van der Waals surface area (Å²) in [5.41, 5.74) is 4.07. The molecule has 2 heterocycles. The lowest BCUT2D eigenvalue weighted by molar-refractivity contribution is -0.115. The summed E-state index contributed by atoms with van der Waals surface area (Å²) in [4.78, 5) is 18.6. The second-order valence-electron chi connectivity index (χ2n) is 7.02. The number of benzene rings is 1. The van der Waals surface area contributed by atoms with Gasteiger partial charge < -0.3 is 5.32 Å². The Bertz CT molecular complexity index is 729. The summed E-state index contributed by atoms with van der Waals surface area (Å²) in [7, 11) is 0. The van der Waals surface area contributed by atoms with Crippen LogP contribution in [0.15, 0.2) is 42.5 Å². The van der Waals surface area contributed by atoms with Crippen molar-refractivity contribution in [2.75, 3.05) is 18.4 Å². The van der Waals surface area contributed by atoms with E-state index in [9.17, 15) is 4.79 Å². The van der Waals surface area contributed by atoms with Crippen LogP contribution in [0.4, 0.5) is 5.82 Å². The lowest BCUT2D eigenvalue weighted by Gasteiger charge is -2.28. The van der Waals surface area contributed by atoms with Crippen LogP contribution in [0.5, 0.6) is 0 Å². The third-order valence-electron chi connectivity index (χ3n) is 5.01. The Hall–Kier alpha value is -2.20. The Kier molecular flexibility index (Phi) is 6.78. The number of nitrogens with zero attached hydrogens (tertiary/aromatic N) is 2. The second-order valence-corrected chi connectivity index (χ2v) is 7.02. The van der Waals surface area contributed by atoms with Crippen molar-refractivity contribution < 1.29 is 4.79 Å². The Morgan fingerprint density at radius 1 is 1.08 bits per heavy atom. The number of hydrogen-bond acceptors (Lipinski definition) is 3. The van der Waals surface area contributed by atoms with Gasteiger partial charge in [0.25, 0.3) is 0 Å². The molecule has 0 fully saturated rings. The van der Waals surface area contributed by atoms with Crippen LogP contribution in [0.3, 0.4) is 0 Å². The molecular weight excluding hydrogens is 322 g/mol. The first-order chi connectivity index (χ1) is 12.7. The maximum atomic E-state index is 11.5. The Labute approximate surface area is 156 Å². The van der Waals surface area contributed by atoms with Crippen LogP contribution < -0.4 is 5.32 Å². The van der Waals surface area contributed by atoms with Gasteiger partial charge in [0.15, 0.2) is 0 Å². The van der Waals surface area contributed by atoms with E-state index in [1.807, 2.05) is 25.1 Å². The van der Waals surface area contributed by atoms with Crippen molar-refractivity contribution in [1.82, 2.24) is 9.88 Å². The number of carbonyl (C=O) groups is 1. The van der Waals surface area contributed by atoms with Crippen molar-refractivity contribution in [1.29, 1.82) is 0 Å². The molecule has 1 aromatic carbocycles. The fourth-order valence-corrected chi connectivity index (χ4v) is 3.48. The standard InChI is InChI=1S/C22H29N3O/c1-2-22(26)24-21-13-8-12-20(23-21)11-4-3-7-15-25-16-14-18-9-5-6-10-19(18)17-25/h5-6,8-10,12-13H,2-4,7,11,14-17H2,1H3,(H,23,24,26). The van der Waals surface area contributed by atoms with Crippen molar-refractivity contribution in [2.45, 2.75) is 52.0 Å². The van der Waals surface area contributed by atoms with Crippen LogP contribution >= 0.6 is 0 Å². The molecule has 3 rings (SSSR count). The smallest absolute Gasteiger partial charge is 0.225 e. The lowest BCUT2D eigenvalue weighted by atomic mass is 9.99. The zero-order valence-corrected chi connectivity index (χ0v) is 15.7. The van der Waals surface area contributed by atoms with E-state index >= 15 is 0 Å². The van der Waals surface area contributed by atoms with Gasteiger partial charge in [0.05, 0.1) is 0 Å². The van der Waals surface area contributed by atoms with Crippen molar-refractivity contribution in [2.24, 2.45) is 0 Å². The largest absolute Gasteiger partial charge is 0.311 e. The molecule has 1 aromatic heterocycles. The van der Waals surface area contributed by atoms with Crippen LogP contribution in [0.2, 0.25) is 0 Å². The summed E-state index contributed by atoms with van der Waals surface area (Å²) in [6, 6.07) is 14.7. The van der Waals surface area contributed by atoms with Crippen molar-refractivity contribution in [3.63, 3.8) is 0 Å². The van der Waals surface area contributed by atoms with Gasteiger partial charge in [0.1, 0.15) is 5.82 Å². The van der Waals surface area contributed by atoms with E-state index in [0.717, 1.165) is 25.1 Å². The number of aryl methyl sites for hydroxylation is 1. The predicted molar refractivity (Wildman–Crippen MR) is 106 cm³/mol. The molecule has 4 nitrogen and oxygen atoms in total. The summed E-state index contributed by atoms with van der Waals surface area (Å²) < 4.78 is 0. The van der Waals surface area contributed by atoms with Crippen LogP contribution in [0.1, 0.15) is 49.4 Å². The quantitative estimate of drug-likeness (QED) is 0.725. The van der Waals surface area contributed by atoms with Crippen LogP contribution in [0.25, 0.3) is 0 Å². The van der Waals surface area contributed by atoms with Gasteiger partial charge >= 0.3 is 0 Å². The molecule has 0 radical (unpaired) electrons. The summed E-state index contributed by atoms with van der Waals surface area (Å²) in [5.74, 6) is 0.680. The number of fused-ring (bicyclic) bond motifs is 1. The third-order valence-corrected chi connectivity index (χ3v) is 5.01. The fourth-order valence-electron chi connectivity index (χ4n) is 3.48. The van der Waals surface area contributed by atoms with Gasteiger partial charge in [-0.25, -0.2) is 4.98 Å². The molecule has 1 aliphatic rings. The van der Waals surface area contributed by atoms with Gasteiger partial charge in [-0.15, -0.1) is 0 Å². The van der Waals surface area contributed by atoms with Crippen LogP contribution in [-0.4, -0.2) is 28.9 Å². The van der Waals surface area contributed by atoms with E-state index in [0.29, 0.717) is 12.2 Å². The second kappa shape index (κ2) is 9.48. The molecule has 0 unspecified atom stereocenters. The van der Waals surface area contributed by atoms with Gasteiger partial charge in [-0.1, -0.05) is 43.7 Å². The predicted octanol–water partition coefficient (Wildman–Crippen LogP) is 4.20. The van der Waals surface area contributed by atoms with E-state index < -0.39 is 0 Å². The number of aromatic nitrogens is 1. The summed E-state index contributed by atoms with van der Waals surface area (Å²) in [6.45, 7) is 5.29. The molecule has 0 atom stereocenters.